The minimum absolute atomic E-state index is 0.0506. The zero-order valence-electron chi connectivity index (χ0n) is 11.3. The highest BCUT2D eigenvalue weighted by atomic mass is 79.9. The van der Waals surface area contributed by atoms with E-state index in [0.29, 0.717) is 5.75 Å². The highest BCUT2D eigenvalue weighted by Crippen LogP contribution is 2.33. The summed E-state index contributed by atoms with van der Waals surface area (Å²) in [4.78, 5) is 12.8. The van der Waals surface area contributed by atoms with Gasteiger partial charge in [-0.25, -0.2) is 0 Å². The first-order valence-electron chi connectivity index (χ1n) is 6.27. The second kappa shape index (κ2) is 9.14. The summed E-state index contributed by atoms with van der Waals surface area (Å²) in [5.74, 6) is 1.35. The summed E-state index contributed by atoms with van der Waals surface area (Å²) in [5.41, 5.74) is 0. The van der Waals surface area contributed by atoms with Gasteiger partial charge in [0.2, 0.25) is 5.91 Å². The second-order valence-corrected chi connectivity index (χ2v) is 9.94. The monoisotopic (exact) mass is 423 g/mol. The van der Waals surface area contributed by atoms with E-state index in [9.17, 15) is 4.79 Å². The van der Waals surface area contributed by atoms with E-state index >= 15 is 0 Å². The summed E-state index contributed by atoms with van der Waals surface area (Å²) in [6, 6.07) is 4.16. The number of halogens is 1. The van der Waals surface area contributed by atoms with Crippen LogP contribution in [-0.2, 0) is 10.5 Å². The molecule has 0 aliphatic carbocycles. The van der Waals surface area contributed by atoms with Crippen LogP contribution in [0.2, 0.25) is 0 Å². The van der Waals surface area contributed by atoms with E-state index in [2.05, 4.69) is 43.6 Å². The van der Waals surface area contributed by atoms with Gasteiger partial charge in [0.25, 0.3) is 0 Å². The van der Waals surface area contributed by atoms with Crippen molar-refractivity contribution >= 4 is 68.0 Å². The lowest BCUT2D eigenvalue weighted by Crippen LogP contribution is -2.25. The molecule has 0 saturated heterocycles. The zero-order chi connectivity index (χ0) is 15.1. The molecule has 21 heavy (non-hydrogen) atoms. The van der Waals surface area contributed by atoms with E-state index in [0.717, 1.165) is 31.2 Å². The lowest BCUT2D eigenvalue weighted by Gasteiger charge is -2.00. The van der Waals surface area contributed by atoms with E-state index in [4.69, 9.17) is 0 Å². The summed E-state index contributed by atoms with van der Waals surface area (Å²) in [5, 5.41) is 11.1. The Hall–Kier alpha value is -0.0900. The average molecular weight is 424 g/mol. The van der Waals surface area contributed by atoms with Crippen LogP contribution in [0.15, 0.2) is 24.6 Å². The van der Waals surface area contributed by atoms with Gasteiger partial charge in [-0.2, -0.15) is 0 Å². The van der Waals surface area contributed by atoms with Gasteiger partial charge in [0.05, 0.1) is 9.54 Å². The number of aromatic nitrogens is 2. The third kappa shape index (κ3) is 6.27. The number of amides is 1. The molecule has 0 atom stereocenters. The van der Waals surface area contributed by atoms with Crippen molar-refractivity contribution < 1.29 is 4.79 Å². The third-order valence-electron chi connectivity index (χ3n) is 2.25. The van der Waals surface area contributed by atoms with Crippen LogP contribution in [0.5, 0.6) is 0 Å². The first kappa shape index (κ1) is 17.3. The maximum absolute atomic E-state index is 11.5. The molecule has 9 heteroatoms. The molecule has 0 aliphatic rings. The van der Waals surface area contributed by atoms with Crippen LogP contribution < -0.4 is 5.32 Å². The molecule has 1 amide bonds. The van der Waals surface area contributed by atoms with Gasteiger partial charge in [-0.3, -0.25) is 4.79 Å². The standard InChI is InChI=1S/C12H14BrN3OS4/c1-2-5-14-10(17)7-19-12-16-15-11(21-12)18-6-8-3-4-9(13)20-8/h3-4H,2,5-7H2,1H3,(H,14,17). The molecular formula is C12H14BrN3OS4. The number of hydrogen-bond donors (Lipinski definition) is 1. The molecule has 0 saturated carbocycles. The molecule has 0 aromatic carbocycles. The lowest BCUT2D eigenvalue weighted by atomic mass is 10.5. The van der Waals surface area contributed by atoms with Gasteiger partial charge >= 0.3 is 0 Å². The highest BCUT2D eigenvalue weighted by molar-refractivity contribution is 9.11. The molecule has 2 aromatic rings. The first-order valence-corrected chi connectivity index (χ1v) is 10.7. The van der Waals surface area contributed by atoms with Gasteiger partial charge in [0.15, 0.2) is 8.68 Å². The molecule has 0 spiro atoms. The smallest absolute Gasteiger partial charge is 0.230 e. The molecular weight excluding hydrogens is 410 g/mol. The van der Waals surface area contributed by atoms with Crippen LogP contribution in [0.4, 0.5) is 0 Å². The van der Waals surface area contributed by atoms with Gasteiger partial charge < -0.3 is 5.32 Å². The number of thioether (sulfide) groups is 2. The van der Waals surface area contributed by atoms with Crippen LogP contribution in [0, 0.1) is 0 Å². The van der Waals surface area contributed by atoms with Crippen molar-refractivity contribution in [3.63, 3.8) is 0 Å². The van der Waals surface area contributed by atoms with Crippen molar-refractivity contribution in [3.05, 3.63) is 20.8 Å². The van der Waals surface area contributed by atoms with Gasteiger partial charge in [-0.1, -0.05) is 41.8 Å². The number of carbonyl (C=O) groups is 1. The molecule has 0 aliphatic heterocycles. The summed E-state index contributed by atoms with van der Waals surface area (Å²) in [7, 11) is 0. The van der Waals surface area contributed by atoms with E-state index < -0.39 is 0 Å². The fraction of sp³-hybridized carbons (Fsp3) is 0.417. The van der Waals surface area contributed by atoms with Gasteiger partial charge in [-0.15, -0.1) is 21.5 Å². The molecule has 0 fully saturated rings. The molecule has 114 valence electrons. The molecule has 0 radical (unpaired) electrons. The maximum Gasteiger partial charge on any atom is 0.230 e. The summed E-state index contributed by atoms with van der Waals surface area (Å²) in [6.45, 7) is 2.76. The van der Waals surface area contributed by atoms with Crippen molar-refractivity contribution in [2.24, 2.45) is 0 Å². The van der Waals surface area contributed by atoms with Crippen molar-refractivity contribution in [1.29, 1.82) is 0 Å². The minimum Gasteiger partial charge on any atom is -0.355 e. The van der Waals surface area contributed by atoms with Crippen molar-refractivity contribution in [2.75, 3.05) is 12.3 Å². The molecule has 2 aromatic heterocycles. The van der Waals surface area contributed by atoms with Gasteiger partial charge in [-0.05, 0) is 34.5 Å². The normalized spacial score (nSPS) is 10.8. The fourth-order valence-electron chi connectivity index (χ4n) is 1.32. The van der Waals surface area contributed by atoms with Crippen LogP contribution >= 0.6 is 62.1 Å². The van der Waals surface area contributed by atoms with E-state index in [-0.39, 0.29) is 5.91 Å². The van der Waals surface area contributed by atoms with Crippen molar-refractivity contribution in [3.8, 4) is 0 Å². The fourth-order valence-corrected chi connectivity index (χ4v) is 5.69. The maximum atomic E-state index is 11.5. The predicted molar refractivity (Wildman–Crippen MR) is 95.5 cm³/mol. The van der Waals surface area contributed by atoms with E-state index in [1.165, 1.54) is 16.6 Å². The van der Waals surface area contributed by atoms with Crippen LogP contribution in [0.1, 0.15) is 18.2 Å². The van der Waals surface area contributed by atoms with Gasteiger partial charge in [0.1, 0.15) is 0 Å². The third-order valence-corrected chi connectivity index (χ3v) is 7.30. The number of rotatable bonds is 8. The second-order valence-electron chi connectivity index (χ2n) is 3.97. The Labute approximate surface area is 148 Å². The SMILES string of the molecule is CCCNC(=O)CSc1nnc(SCc2ccc(Br)s2)s1. The van der Waals surface area contributed by atoms with Crippen LogP contribution in [0.25, 0.3) is 0 Å². The Kier molecular flexibility index (Phi) is 7.51. The molecule has 0 bridgehead atoms. The minimum atomic E-state index is 0.0506. The van der Waals surface area contributed by atoms with Gasteiger partial charge in [0, 0.05) is 17.2 Å². The molecule has 2 heterocycles. The molecule has 0 unspecified atom stereocenters. The Morgan fingerprint density at radius 2 is 2.05 bits per heavy atom. The number of thiophene rings is 1. The largest absolute Gasteiger partial charge is 0.355 e. The van der Waals surface area contributed by atoms with E-state index in [1.54, 1.807) is 34.4 Å². The summed E-state index contributed by atoms with van der Waals surface area (Å²) >= 11 is 9.84. The Morgan fingerprint density at radius 1 is 1.29 bits per heavy atom. The molecule has 4 nitrogen and oxygen atoms in total. The number of nitrogens with one attached hydrogen (secondary N) is 1. The predicted octanol–water partition coefficient (Wildman–Crippen LogP) is 4.27. The topological polar surface area (TPSA) is 54.9 Å². The van der Waals surface area contributed by atoms with Crippen LogP contribution in [0.3, 0.4) is 0 Å². The Balaban J connectivity index is 1.74. The summed E-state index contributed by atoms with van der Waals surface area (Å²) < 4.78 is 2.93. The lowest BCUT2D eigenvalue weighted by molar-refractivity contribution is -0.118. The van der Waals surface area contributed by atoms with Crippen molar-refractivity contribution in [1.82, 2.24) is 15.5 Å². The molecule has 2 rings (SSSR count). The number of nitrogens with zero attached hydrogens (tertiary/aromatic N) is 2. The van der Waals surface area contributed by atoms with Crippen LogP contribution in [-0.4, -0.2) is 28.4 Å². The molecule has 1 N–H and O–H groups in total. The number of carbonyl (C=O) groups excluding carboxylic acids is 1. The Morgan fingerprint density at radius 3 is 2.71 bits per heavy atom. The zero-order valence-corrected chi connectivity index (χ0v) is 16.1. The first-order chi connectivity index (χ1) is 10.2. The average Bonchev–Trinajstić information content (AvgIpc) is 3.09. The Bertz CT molecular complexity index is 587. The quantitative estimate of drug-likeness (QED) is 0.642. The number of hydrogen-bond acceptors (Lipinski definition) is 7. The van der Waals surface area contributed by atoms with E-state index in [1.807, 2.05) is 6.92 Å². The van der Waals surface area contributed by atoms with Crippen molar-refractivity contribution in [2.45, 2.75) is 27.8 Å². The highest BCUT2D eigenvalue weighted by Gasteiger charge is 2.09. The summed E-state index contributed by atoms with van der Waals surface area (Å²) in [6.07, 6.45) is 0.953.